The second-order valence-electron chi connectivity index (χ2n) is 4.41. The van der Waals surface area contributed by atoms with Crippen molar-refractivity contribution in [1.29, 1.82) is 0 Å². The van der Waals surface area contributed by atoms with Gasteiger partial charge in [0.15, 0.2) is 0 Å². The van der Waals surface area contributed by atoms with E-state index in [1.54, 1.807) is 6.20 Å². The predicted octanol–water partition coefficient (Wildman–Crippen LogP) is 0.746. The van der Waals surface area contributed by atoms with Crippen LogP contribution in [-0.4, -0.2) is 31.3 Å². The van der Waals surface area contributed by atoms with Crippen molar-refractivity contribution >= 4 is 11.5 Å². The fourth-order valence-corrected chi connectivity index (χ4v) is 2.46. The lowest BCUT2D eigenvalue weighted by molar-refractivity contribution is 0.177. The molecule has 2 fully saturated rings. The molecule has 2 unspecified atom stereocenters. The van der Waals surface area contributed by atoms with Crippen LogP contribution in [0.1, 0.15) is 0 Å². The minimum absolute atomic E-state index is 0.698. The Morgan fingerprint density at radius 1 is 1.27 bits per heavy atom. The first kappa shape index (κ1) is 8.97. The molecule has 3 heterocycles. The van der Waals surface area contributed by atoms with Crippen LogP contribution in [0.5, 0.6) is 0 Å². The van der Waals surface area contributed by atoms with Gasteiger partial charge in [-0.3, -0.25) is 0 Å². The van der Waals surface area contributed by atoms with E-state index in [1.807, 2.05) is 12.1 Å². The molecule has 1 aromatic heterocycles. The first-order valence-electron chi connectivity index (χ1n) is 5.37. The third-order valence-electron chi connectivity index (χ3n) is 3.34. The van der Waals surface area contributed by atoms with Crippen LogP contribution in [0.15, 0.2) is 18.3 Å². The van der Waals surface area contributed by atoms with Crippen LogP contribution in [0.3, 0.4) is 0 Å². The van der Waals surface area contributed by atoms with Crippen LogP contribution in [-0.2, 0) is 4.74 Å². The van der Waals surface area contributed by atoms with Gasteiger partial charge in [0.25, 0.3) is 0 Å². The van der Waals surface area contributed by atoms with Crippen LogP contribution < -0.4 is 10.6 Å². The molecule has 0 aromatic carbocycles. The first-order valence-corrected chi connectivity index (χ1v) is 5.37. The summed E-state index contributed by atoms with van der Waals surface area (Å²) >= 11 is 0. The highest BCUT2D eigenvalue weighted by atomic mass is 16.5. The maximum Gasteiger partial charge on any atom is 0.128 e. The van der Waals surface area contributed by atoms with Crippen molar-refractivity contribution < 1.29 is 4.74 Å². The van der Waals surface area contributed by atoms with Gasteiger partial charge in [0.2, 0.25) is 0 Å². The molecule has 2 aliphatic rings. The summed E-state index contributed by atoms with van der Waals surface area (Å²) in [5.41, 5.74) is 6.34. The number of hydrogen-bond donors (Lipinski definition) is 1. The average molecular weight is 205 g/mol. The lowest BCUT2D eigenvalue weighted by atomic mass is 10.0. The highest BCUT2D eigenvalue weighted by molar-refractivity contribution is 5.46. The maximum absolute atomic E-state index is 5.62. The molecule has 0 spiro atoms. The fraction of sp³-hybridized carbons (Fsp3) is 0.545. The van der Waals surface area contributed by atoms with Gasteiger partial charge in [-0.05, 0) is 12.1 Å². The van der Waals surface area contributed by atoms with E-state index in [2.05, 4.69) is 9.88 Å². The molecule has 1 aromatic rings. The van der Waals surface area contributed by atoms with Gasteiger partial charge in [-0.15, -0.1) is 0 Å². The summed E-state index contributed by atoms with van der Waals surface area (Å²) < 4.78 is 5.45. The van der Waals surface area contributed by atoms with E-state index in [4.69, 9.17) is 10.5 Å². The number of ether oxygens (including phenoxy) is 1. The molecule has 0 saturated carbocycles. The summed E-state index contributed by atoms with van der Waals surface area (Å²) in [6.07, 6.45) is 1.72. The zero-order valence-electron chi connectivity index (χ0n) is 8.60. The van der Waals surface area contributed by atoms with E-state index in [-0.39, 0.29) is 0 Å². The van der Waals surface area contributed by atoms with Gasteiger partial charge >= 0.3 is 0 Å². The molecule has 2 aliphatic heterocycles. The predicted molar refractivity (Wildman–Crippen MR) is 58.7 cm³/mol. The van der Waals surface area contributed by atoms with Gasteiger partial charge in [0, 0.05) is 24.9 Å². The third-order valence-corrected chi connectivity index (χ3v) is 3.34. The number of hydrogen-bond acceptors (Lipinski definition) is 4. The largest absolute Gasteiger partial charge is 0.397 e. The number of nitrogens with zero attached hydrogens (tertiary/aromatic N) is 2. The molecule has 2 N–H and O–H groups in total. The SMILES string of the molecule is Nc1ccc(N2CC3COCC3C2)nc1. The van der Waals surface area contributed by atoms with E-state index in [0.717, 1.165) is 37.8 Å². The van der Waals surface area contributed by atoms with Gasteiger partial charge in [-0.25, -0.2) is 4.98 Å². The van der Waals surface area contributed by atoms with Crippen molar-refractivity contribution in [2.24, 2.45) is 11.8 Å². The number of fused-ring (bicyclic) bond motifs is 1. The second-order valence-corrected chi connectivity index (χ2v) is 4.41. The molecule has 0 amide bonds. The lowest BCUT2D eigenvalue weighted by Crippen LogP contribution is -2.23. The maximum atomic E-state index is 5.62. The Hall–Kier alpha value is -1.29. The van der Waals surface area contributed by atoms with Crippen molar-refractivity contribution in [2.75, 3.05) is 36.9 Å². The minimum Gasteiger partial charge on any atom is -0.397 e. The normalized spacial score (nSPS) is 29.5. The van der Waals surface area contributed by atoms with Crippen LogP contribution in [0, 0.1) is 11.8 Å². The summed E-state index contributed by atoms with van der Waals surface area (Å²) in [5, 5.41) is 0. The molecule has 3 rings (SSSR count). The zero-order valence-corrected chi connectivity index (χ0v) is 8.60. The number of nitrogen functional groups attached to an aromatic ring is 1. The number of aromatic nitrogens is 1. The molecule has 4 heteroatoms. The number of nitrogens with two attached hydrogens (primary N) is 1. The second kappa shape index (κ2) is 3.38. The first-order chi connectivity index (χ1) is 7.33. The van der Waals surface area contributed by atoms with Crippen LogP contribution in [0.25, 0.3) is 0 Å². The van der Waals surface area contributed by atoms with Crippen LogP contribution in [0.2, 0.25) is 0 Å². The molecule has 2 atom stereocenters. The number of pyridine rings is 1. The molecule has 0 bridgehead atoms. The Morgan fingerprint density at radius 2 is 2.00 bits per heavy atom. The minimum atomic E-state index is 0.698. The van der Waals surface area contributed by atoms with Crippen molar-refractivity contribution in [3.05, 3.63) is 18.3 Å². The standard InChI is InChI=1S/C11H15N3O/c12-10-1-2-11(13-3-10)14-4-8-6-15-7-9(8)5-14/h1-3,8-9H,4-7,12H2. The molecule has 15 heavy (non-hydrogen) atoms. The summed E-state index contributed by atoms with van der Waals surface area (Å²) in [4.78, 5) is 6.68. The van der Waals surface area contributed by atoms with E-state index in [0.29, 0.717) is 11.8 Å². The van der Waals surface area contributed by atoms with Gasteiger partial charge in [-0.1, -0.05) is 0 Å². The smallest absolute Gasteiger partial charge is 0.128 e. The van der Waals surface area contributed by atoms with Gasteiger partial charge in [0.1, 0.15) is 5.82 Å². The van der Waals surface area contributed by atoms with Gasteiger partial charge in [-0.2, -0.15) is 0 Å². The molecule has 80 valence electrons. The monoisotopic (exact) mass is 205 g/mol. The fourth-order valence-electron chi connectivity index (χ4n) is 2.46. The Morgan fingerprint density at radius 3 is 2.60 bits per heavy atom. The Balaban J connectivity index is 1.76. The average Bonchev–Trinajstić information content (AvgIpc) is 2.78. The summed E-state index contributed by atoms with van der Waals surface area (Å²) in [6, 6.07) is 3.91. The van der Waals surface area contributed by atoms with E-state index < -0.39 is 0 Å². The lowest BCUT2D eigenvalue weighted by Gasteiger charge is -2.18. The van der Waals surface area contributed by atoms with Crippen molar-refractivity contribution in [3.8, 4) is 0 Å². The van der Waals surface area contributed by atoms with E-state index in [9.17, 15) is 0 Å². The van der Waals surface area contributed by atoms with Crippen LogP contribution >= 0.6 is 0 Å². The topological polar surface area (TPSA) is 51.4 Å². The van der Waals surface area contributed by atoms with Crippen molar-refractivity contribution in [3.63, 3.8) is 0 Å². The highest BCUT2D eigenvalue weighted by Gasteiger charge is 2.37. The molecule has 2 saturated heterocycles. The Bertz CT molecular complexity index is 339. The third kappa shape index (κ3) is 1.55. The summed E-state index contributed by atoms with van der Waals surface area (Å²) in [7, 11) is 0. The molecule has 0 radical (unpaired) electrons. The Labute approximate surface area is 89.0 Å². The molecular formula is C11H15N3O. The molecule has 0 aliphatic carbocycles. The quantitative estimate of drug-likeness (QED) is 0.735. The number of anilines is 2. The summed E-state index contributed by atoms with van der Waals surface area (Å²) in [6.45, 7) is 3.97. The molecule has 4 nitrogen and oxygen atoms in total. The summed E-state index contributed by atoms with van der Waals surface area (Å²) in [5.74, 6) is 2.44. The zero-order chi connectivity index (χ0) is 10.3. The Kier molecular flexibility index (Phi) is 2.02. The van der Waals surface area contributed by atoms with Crippen LogP contribution in [0.4, 0.5) is 11.5 Å². The highest BCUT2D eigenvalue weighted by Crippen LogP contribution is 2.31. The van der Waals surface area contributed by atoms with Crippen molar-refractivity contribution in [2.45, 2.75) is 0 Å². The molecular weight excluding hydrogens is 190 g/mol. The van der Waals surface area contributed by atoms with E-state index >= 15 is 0 Å². The van der Waals surface area contributed by atoms with Gasteiger partial charge in [0.05, 0.1) is 25.1 Å². The number of rotatable bonds is 1. The van der Waals surface area contributed by atoms with E-state index in [1.165, 1.54) is 0 Å². The van der Waals surface area contributed by atoms with Crippen molar-refractivity contribution in [1.82, 2.24) is 4.98 Å². The van der Waals surface area contributed by atoms with Gasteiger partial charge < -0.3 is 15.4 Å².